The smallest absolute Gasteiger partial charge is 0.172 e. The molecule has 0 bridgehead atoms. The topological polar surface area (TPSA) is 50.7 Å². The first-order chi connectivity index (χ1) is 15.7. The van der Waals surface area contributed by atoms with Crippen LogP contribution in [0.4, 0.5) is 5.69 Å². The summed E-state index contributed by atoms with van der Waals surface area (Å²) in [6.07, 6.45) is 4.21. The zero-order valence-corrected chi connectivity index (χ0v) is 20.1. The van der Waals surface area contributed by atoms with Crippen LogP contribution < -0.4 is 14.8 Å². The summed E-state index contributed by atoms with van der Waals surface area (Å²) in [6, 6.07) is 13.5. The van der Waals surface area contributed by atoms with E-state index in [9.17, 15) is 5.11 Å². The Morgan fingerprint density at radius 3 is 2.58 bits per heavy atom. The number of halogens is 1. The number of hydrogen-bond donors (Lipinski definition) is 2. The fourth-order valence-corrected chi connectivity index (χ4v) is 5.05. The second kappa shape index (κ2) is 7.60. The monoisotopic (exact) mass is 459 g/mol. The number of allylic oxidation sites excluding steroid dienone is 1. The number of phenols is 1. The number of aryl methyl sites for hydroxylation is 1. The second-order valence-corrected chi connectivity index (χ2v) is 9.54. The van der Waals surface area contributed by atoms with Crippen molar-refractivity contribution in [2.75, 3.05) is 12.4 Å². The summed E-state index contributed by atoms with van der Waals surface area (Å²) < 4.78 is 12.1. The summed E-state index contributed by atoms with van der Waals surface area (Å²) in [5.41, 5.74) is 7.59. The molecule has 3 aromatic carbocycles. The molecule has 2 aliphatic heterocycles. The quantitative estimate of drug-likeness (QED) is 0.416. The van der Waals surface area contributed by atoms with Gasteiger partial charge in [0.05, 0.1) is 23.2 Å². The minimum Gasteiger partial charge on any atom is -0.504 e. The van der Waals surface area contributed by atoms with Crippen molar-refractivity contribution in [1.82, 2.24) is 0 Å². The summed E-state index contributed by atoms with van der Waals surface area (Å²) in [6.45, 7) is 8.40. The molecule has 5 heteroatoms. The number of methoxy groups -OCH3 is 1. The molecule has 0 atom stereocenters. The average molecular weight is 460 g/mol. The van der Waals surface area contributed by atoms with E-state index in [0.717, 1.165) is 44.6 Å². The van der Waals surface area contributed by atoms with Gasteiger partial charge in [0, 0.05) is 22.4 Å². The van der Waals surface area contributed by atoms with Crippen molar-refractivity contribution < 1.29 is 14.6 Å². The van der Waals surface area contributed by atoms with E-state index in [-0.39, 0.29) is 11.3 Å². The van der Waals surface area contributed by atoms with Gasteiger partial charge in [-0.3, -0.25) is 0 Å². The number of hydrogen-bond acceptors (Lipinski definition) is 4. The molecule has 0 saturated heterocycles. The van der Waals surface area contributed by atoms with Crippen LogP contribution in [0.2, 0.25) is 5.02 Å². The second-order valence-electron chi connectivity index (χ2n) is 9.16. The Balaban J connectivity index is 1.85. The van der Waals surface area contributed by atoms with Gasteiger partial charge in [0.2, 0.25) is 0 Å². The first-order valence-electron chi connectivity index (χ1n) is 10.9. The first kappa shape index (κ1) is 21.5. The summed E-state index contributed by atoms with van der Waals surface area (Å²) in [5, 5.41) is 14.8. The largest absolute Gasteiger partial charge is 0.504 e. The lowest BCUT2D eigenvalue weighted by Gasteiger charge is -2.35. The fourth-order valence-electron chi connectivity index (χ4n) is 4.87. The predicted molar refractivity (Wildman–Crippen MR) is 136 cm³/mol. The summed E-state index contributed by atoms with van der Waals surface area (Å²) in [5.74, 6) is 1.79. The lowest BCUT2D eigenvalue weighted by Crippen LogP contribution is -2.32. The van der Waals surface area contributed by atoms with Crippen molar-refractivity contribution in [1.29, 1.82) is 0 Å². The van der Waals surface area contributed by atoms with Gasteiger partial charge in [0.15, 0.2) is 11.5 Å². The molecule has 4 nitrogen and oxygen atoms in total. The Labute approximate surface area is 199 Å². The number of anilines is 1. The summed E-state index contributed by atoms with van der Waals surface area (Å²) in [4.78, 5) is 0. The molecule has 0 unspecified atom stereocenters. The van der Waals surface area contributed by atoms with Gasteiger partial charge < -0.3 is 19.9 Å². The highest BCUT2D eigenvalue weighted by atomic mass is 35.5. The van der Waals surface area contributed by atoms with E-state index in [1.165, 1.54) is 0 Å². The van der Waals surface area contributed by atoms with Crippen LogP contribution in [0.5, 0.6) is 17.2 Å². The number of rotatable bonds is 2. The molecule has 0 spiro atoms. The van der Waals surface area contributed by atoms with Crippen LogP contribution in [0.15, 0.2) is 48.5 Å². The zero-order valence-electron chi connectivity index (χ0n) is 19.3. The van der Waals surface area contributed by atoms with Gasteiger partial charge in [0.25, 0.3) is 0 Å². The Morgan fingerprint density at radius 2 is 1.82 bits per heavy atom. The maximum atomic E-state index is 10.5. The molecule has 5 rings (SSSR count). The molecule has 0 aliphatic carbocycles. The van der Waals surface area contributed by atoms with Gasteiger partial charge in [-0.15, -0.1) is 0 Å². The molecule has 2 aliphatic rings. The maximum absolute atomic E-state index is 10.5. The van der Waals surface area contributed by atoms with Gasteiger partial charge in [-0.2, -0.15) is 0 Å². The number of nitrogens with one attached hydrogen (secondary N) is 1. The molecule has 2 heterocycles. The van der Waals surface area contributed by atoms with Gasteiger partial charge in [-0.25, -0.2) is 0 Å². The van der Waals surface area contributed by atoms with E-state index in [0.29, 0.717) is 22.3 Å². The van der Waals surface area contributed by atoms with Crippen LogP contribution in [0.1, 0.15) is 43.0 Å². The predicted octanol–water partition coefficient (Wildman–Crippen LogP) is 7.53. The number of aromatic hydroxyl groups is 1. The number of ether oxygens (including phenoxy) is 2. The third-order valence-corrected chi connectivity index (χ3v) is 6.70. The zero-order chi connectivity index (χ0) is 23.5. The van der Waals surface area contributed by atoms with Gasteiger partial charge >= 0.3 is 0 Å². The Morgan fingerprint density at radius 1 is 1.03 bits per heavy atom. The van der Waals surface area contributed by atoms with Gasteiger partial charge in [-0.05, 0) is 68.7 Å². The van der Waals surface area contributed by atoms with E-state index in [1.54, 1.807) is 19.2 Å². The number of fused-ring (bicyclic) bond motifs is 5. The molecule has 0 saturated carbocycles. The minimum atomic E-state index is -0.168. The van der Waals surface area contributed by atoms with Crippen molar-refractivity contribution in [3.63, 3.8) is 0 Å². The molecule has 2 N–H and O–H groups in total. The third-order valence-electron chi connectivity index (χ3n) is 6.18. The molecule has 0 fully saturated rings. The SMILES string of the molecule is COc1c(O)ccc2c1-c1ccc3c(c1C(=Cc1cccc(C)c1Cl)O2)C(C)=CC(C)(C)N3. The fraction of sp³-hybridized carbons (Fsp3) is 0.214. The van der Waals surface area contributed by atoms with E-state index in [1.807, 2.05) is 31.2 Å². The highest BCUT2D eigenvalue weighted by Gasteiger charge is 2.33. The molecule has 168 valence electrons. The van der Waals surface area contributed by atoms with Crippen LogP contribution in [0, 0.1) is 6.92 Å². The maximum Gasteiger partial charge on any atom is 0.172 e. The van der Waals surface area contributed by atoms with E-state index in [2.05, 4.69) is 44.3 Å². The molecule has 3 aromatic rings. The normalized spacial score (nSPS) is 16.7. The standard InChI is InChI=1S/C28H26ClNO3/c1-15-7-6-8-17(26(15)29)13-22-24-18(25-21(33-22)12-11-20(31)27(25)32-5)9-10-19-23(24)16(2)14-28(3,4)30-19/h6-14,30-31H,1-5H3. The minimum absolute atomic E-state index is 0.0733. The van der Waals surface area contributed by atoms with Crippen molar-refractivity contribution >= 4 is 34.7 Å². The highest BCUT2D eigenvalue weighted by Crippen LogP contribution is 2.54. The van der Waals surface area contributed by atoms with Crippen molar-refractivity contribution in [3.8, 4) is 28.4 Å². The van der Waals surface area contributed by atoms with Crippen molar-refractivity contribution in [2.45, 2.75) is 33.2 Å². The van der Waals surface area contributed by atoms with Crippen LogP contribution in [-0.4, -0.2) is 17.8 Å². The summed E-state index contributed by atoms with van der Waals surface area (Å²) in [7, 11) is 1.56. The van der Waals surface area contributed by atoms with E-state index in [4.69, 9.17) is 21.1 Å². The lowest BCUT2D eigenvalue weighted by molar-refractivity contribution is 0.371. The number of benzene rings is 3. The molecule has 0 aromatic heterocycles. The average Bonchev–Trinajstić information content (AvgIpc) is 2.75. The van der Waals surface area contributed by atoms with E-state index < -0.39 is 0 Å². The molecule has 0 amide bonds. The van der Waals surface area contributed by atoms with E-state index >= 15 is 0 Å². The first-order valence-corrected chi connectivity index (χ1v) is 11.3. The van der Waals surface area contributed by atoms with Gasteiger partial charge in [-0.1, -0.05) is 41.9 Å². The van der Waals surface area contributed by atoms with Crippen LogP contribution >= 0.6 is 11.6 Å². The van der Waals surface area contributed by atoms with Crippen molar-refractivity contribution in [2.24, 2.45) is 0 Å². The number of phenolic OH excluding ortho intramolecular Hbond substituents is 1. The molecular weight excluding hydrogens is 434 g/mol. The Bertz CT molecular complexity index is 1370. The summed E-state index contributed by atoms with van der Waals surface area (Å²) >= 11 is 6.64. The Kier molecular flexibility index (Phi) is 4.95. The van der Waals surface area contributed by atoms with Crippen molar-refractivity contribution in [3.05, 3.63) is 75.8 Å². The third kappa shape index (κ3) is 3.46. The lowest BCUT2D eigenvalue weighted by atomic mass is 9.82. The Hall–Kier alpha value is -3.37. The molecular formula is C28H26ClNO3. The molecule has 0 radical (unpaired) electrons. The van der Waals surface area contributed by atoms with Crippen LogP contribution in [0.25, 0.3) is 28.5 Å². The van der Waals surface area contributed by atoms with Gasteiger partial charge in [0.1, 0.15) is 11.5 Å². The highest BCUT2D eigenvalue weighted by molar-refractivity contribution is 6.33. The molecule has 33 heavy (non-hydrogen) atoms. The van der Waals surface area contributed by atoms with Crippen LogP contribution in [-0.2, 0) is 0 Å². The van der Waals surface area contributed by atoms with Crippen LogP contribution in [0.3, 0.4) is 0 Å².